The Hall–Kier alpha value is -1.13. The molecule has 0 radical (unpaired) electrons. The maximum atomic E-state index is 11.7. The fourth-order valence-electron chi connectivity index (χ4n) is 1.28. The highest BCUT2D eigenvalue weighted by atomic mass is 32.2. The molecular formula is C12H11NOS2. The minimum Gasteiger partial charge on any atom is -0.294 e. The summed E-state index contributed by atoms with van der Waals surface area (Å²) in [6.45, 7) is 0. The monoisotopic (exact) mass is 249 g/mol. The summed E-state index contributed by atoms with van der Waals surface area (Å²) >= 11 is 3.25. The third-order valence-electron chi connectivity index (χ3n) is 2.06. The van der Waals surface area contributed by atoms with Crippen LogP contribution in [0.1, 0.15) is 16.8 Å². The zero-order valence-electron chi connectivity index (χ0n) is 8.63. The maximum Gasteiger partial charge on any atom is 0.163 e. The van der Waals surface area contributed by atoms with Crippen LogP contribution in [0, 0.1) is 0 Å². The Kier molecular flexibility index (Phi) is 4.13. The average Bonchev–Trinajstić information content (AvgIpc) is 2.83. The van der Waals surface area contributed by atoms with Crippen LogP contribution < -0.4 is 0 Å². The second kappa shape index (κ2) is 5.82. The largest absolute Gasteiger partial charge is 0.294 e. The lowest BCUT2D eigenvalue weighted by atomic mass is 10.1. The zero-order valence-corrected chi connectivity index (χ0v) is 10.3. The topological polar surface area (TPSA) is 30.0 Å². The lowest BCUT2D eigenvalue weighted by Crippen LogP contribution is -1.99. The van der Waals surface area contributed by atoms with E-state index in [0.717, 1.165) is 15.7 Å². The van der Waals surface area contributed by atoms with Crippen LogP contribution in [0.2, 0.25) is 0 Å². The van der Waals surface area contributed by atoms with Gasteiger partial charge in [-0.15, -0.1) is 11.3 Å². The molecule has 0 saturated carbocycles. The van der Waals surface area contributed by atoms with Gasteiger partial charge in [0.25, 0.3) is 0 Å². The van der Waals surface area contributed by atoms with Crippen molar-refractivity contribution in [3.63, 3.8) is 0 Å². The van der Waals surface area contributed by atoms with Crippen LogP contribution in [0.4, 0.5) is 0 Å². The molecule has 0 unspecified atom stereocenters. The molecule has 2 aromatic rings. The van der Waals surface area contributed by atoms with E-state index < -0.39 is 0 Å². The Balaban J connectivity index is 1.81. The summed E-state index contributed by atoms with van der Waals surface area (Å²) in [5.74, 6) is 0.992. The van der Waals surface area contributed by atoms with Crippen LogP contribution in [0.15, 0.2) is 46.2 Å². The van der Waals surface area contributed by atoms with Gasteiger partial charge in [0.15, 0.2) is 5.78 Å². The lowest BCUT2D eigenvalue weighted by molar-refractivity contribution is 0.0989. The van der Waals surface area contributed by atoms with Gasteiger partial charge in [0, 0.05) is 29.3 Å². The standard InChI is InChI=1S/C12H11NOS2/c14-11(10-4-2-1-3-5-10)6-8-15-12-13-7-9-16-12/h1-5,7,9H,6,8H2. The number of hydrogen-bond donors (Lipinski definition) is 0. The minimum absolute atomic E-state index is 0.199. The lowest BCUT2D eigenvalue weighted by Gasteiger charge is -1.99. The first kappa shape index (κ1) is 11.4. The van der Waals surface area contributed by atoms with Gasteiger partial charge in [0.05, 0.1) is 0 Å². The van der Waals surface area contributed by atoms with Crippen LogP contribution in [0.3, 0.4) is 0 Å². The van der Waals surface area contributed by atoms with Crippen LogP contribution >= 0.6 is 23.1 Å². The summed E-state index contributed by atoms with van der Waals surface area (Å²) in [7, 11) is 0. The Morgan fingerprint density at radius 1 is 1.31 bits per heavy atom. The van der Waals surface area contributed by atoms with Crippen molar-refractivity contribution in [2.45, 2.75) is 10.8 Å². The number of thioether (sulfide) groups is 1. The Labute approximate surface area is 103 Å². The van der Waals surface area contributed by atoms with Gasteiger partial charge in [-0.2, -0.15) is 0 Å². The van der Waals surface area contributed by atoms with Gasteiger partial charge in [0.1, 0.15) is 4.34 Å². The van der Waals surface area contributed by atoms with Crippen molar-refractivity contribution in [3.8, 4) is 0 Å². The second-order valence-corrected chi connectivity index (χ2v) is 5.42. The molecule has 0 bridgehead atoms. The highest BCUT2D eigenvalue weighted by Gasteiger charge is 2.05. The molecule has 0 aliphatic carbocycles. The molecule has 0 atom stereocenters. The van der Waals surface area contributed by atoms with Crippen molar-refractivity contribution < 1.29 is 4.79 Å². The van der Waals surface area contributed by atoms with Crippen LogP contribution in [0.25, 0.3) is 0 Å². The fraction of sp³-hybridized carbons (Fsp3) is 0.167. The second-order valence-electron chi connectivity index (χ2n) is 3.19. The maximum absolute atomic E-state index is 11.7. The summed E-state index contributed by atoms with van der Waals surface area (Å²) in [5, 5.41) is 1.95. The van der Waals surface area contributed by atoms with Crippen LogP contribution in [0.5, 0.6) is 0 Å². The van der Waals surface area contributed by atoms with Gasteiger partial charge in [-0.1, -0.05) is 42.1 Å². The van der Waals surface area contributed by atoms with E-state index in [1.807, 2.05) is 35.7 Å². The molecule has 1 aromatic heterocycles. The van der Waals surface area contributed by atoms with Gasteiger partial charge in [-0.3, -0.25) is 4.79 Å². The first-order valence-corrected chi connectivity index (χ1v) is 6.83. The molecule has 16 heavy (non-hydrogen) atoms. The zero-order chi connectivity index (χ0) is 11.2. The molecule has 0 fully saturated rings. The van der Waals surface area contributed by atoms with Crippen molar-refractivity contribution in [1.29, 1.82) is 0 Å². The molecule has 0 spiro atoms. The molecule has 0 saturated heterocycles. The number of rotatable bonds is 5. The summed E-state index contributed by atoms with van der Waals surface area (Å²) in [4.78, 5) is 15.9. The van der Waals surface area contributed by atoms with E-state index in [0.29, 0.717) is 6.42 Å². The van der Waals surface area contributed by atoms with Gasteiger partial charge in [0.2, 0.25) is 0 Å². The molecule has 0 aliphatic rings. The fourth-order valence-corrected chi connectivity index (χ4v) is 2.93. The first-order chi connectivity index (χ1) is 7.86. The van der Waals surface area contributed by atoms with Crippen molar-refractivity contribution in [3.05, 3.63) is 47.5 Å². The number of thiazole rings is 1. The molecule has 0 N–H and O–H groups in total. The first-order valence-electron chi connectivity index (χ1n) is 4.97. The number of ketones is 1. The Morgan fingerprint density at radius 3 is 2.81 bits per heavy atom. The predicted molar refractivity (Wildman–Crippen MR) is 68.2 cm³/mol. The van der Waals surface area contributed by atoms with E-state index in [-0.39, 0.29) is 5.78 Å². The molecule has 1 heterocycles. The minimum atomic E-state index is 0.199. The molecule has 4 heteroatoms. The van der Waals surface area contributed by atoms with Crippen molar-refractivity contribution >= 4 is 28.9 Å². The summed E-state index contributed by atoms with van der Waals surface area (Å²) in [6, 6.07) is 9.41. The van der Waals surface area contributed by atoms with E-state index in [9.17, 15) is 4.79 Å². The Morgan fingerprint density at radius 2 is 2.12 bits per heavy atom. The molecule has 2 nitrogen and oxygen atoms in total. The number of hydrogen-bond acceptors (Lipinski definition) is 4. The van der Waals surface area contributed by atoms with Crippen LogP contribution in [-0.4, -0.2) is 16.5 Å². The normalized spacial score (nSPS) is 10.2. The van der Waals surface area contributed by atoms with Crippen LogP contribution in [-0.2, 0) is 0 Å². The predicted octanol–water partition coefficient (Wildman–Crippen LogP) is 3.51. The number of benzene rings is 1. The molecule has 2 rings (SSSR count). The van der Waals surface area contributed by atoms with E-state index in [2.05, 4.69) is 4.98 Å². The van der Waals surface area contributed by atoms with E-state index in [1.165, 1.54) is 0 Å². The third-order valence-corrected chi connectivity index (χ3v) is 4.03. The van der Waals surface area contributed by atoms with Crippen molar-refractivity contribution in [1.82, 2.24) is 4.98 Å². The van der Waals surface area contributed by atoms with Gasteiger partial charge < -0.3 is 0 Å². The highest BCUT2D eigenvalue weighted by molar-refractivity contribution is 8.01. The van der Waals surface area contributed by atoms with Crippen molar-refractivity contribution in [2.24, 2.45) is 0 Å². The van der Waals surface area contributed by atoms with Crippen molar-refractivity contribution in [2.75, 3.05) is 5.75 Å². The van der Waals surface area contributed by atoms with Gasteiger partial charge in [-0.05, 0) is 0 Å². The van der Waals surface area contributed by atoms with E-state index >= 15 is 0 Å². The number of carbonyl (C=O) groups excluding carboxylic acids is 1. The van der Waals surface area contributed by atoms with Gasteiger partial charge in [-0.25, -0.2) is 4.98 Å². The number of carbonyl (C=O) groups is 1. The van der Waals surface area contributed by atoms with E-state index in [4.69, 9.17) is 0 Å². The highest BCUT2D eigenvalue weighted by Crippen LogP contribution is 2.21. The summed E-state index contributed by atoms with van der Waals surface area (Å²) < 4.78 is 1.03. The molecule has 0 aliphatic heterocycles. The quantitative estimate of drug-likeness (QED) is 0.600. The SMILES string of the molecule is O=C(CCSc1nccs1)c1ccccc1. The summed E-state index contributed by atoms with van der Waals surface area (Å²) in [6.07, 6.45) is 2.35. The number of Topliss-reactive ketones (excluding diaryl/α,β-unsaturated/α-hetero) is 1. The molecule has 1 aromatic carbocycles. The molecule has 82 valence electrons. The Bertz CT molecular complexity index is 439. The number of aromatic nitrogens is 1. The molecule has 0 amide bonds. The third kappa shape index (κ3) is 3.18. The van der Waals surface area contributed by atoms with E-state index in [1.54, 1.807) is 29.3 Å². The summed E-state index contributed by atoms with van der Waals surface area (Å²) in [5.41, 5.74) is 0.794. The van der Waals surface area contributed by atoms with Gasteiger partial charge >= 0.3 is 0 Å². The average molecular weight is 249 g/mol. The molecular weight excluding hydrogens is 238 g/mol. The smallest absolute Gasteiger partial charge is 0.163 e. The number of nitrogens with zero attached hydrogens (tertiary/aromatic N) is 1.